The molecule has 0 atom stereocenters. The predicted molar refractivity (Wildman–Crippen MR) is 72.6 cm³/mol. The van der Waals surface area contributed by atoms with Gasteiger partial charge in [-0.2, -0.15) is 0 Å². The summed E-state index contributed by atoms with van der Waals surface area (Å²) in [6, 6.07) is 0.818. The minimum Gasteiger partial charge on any atom is -0.374 e. The average molecular weight is 253 g/mol. The Morgan fingerprint density at radius 1 is 0.875 bits per heavy atom. The standard InChI is InChI=1S/C9H23NO3Si.2CH4/c1-4-11-14(12-5-2,13-6-3)9-7-8-10;;/h4-10H2,1-3H3;2*1H4. The molecule has 0 radical (unpaired) electrons. The second-order valence-electron chi connectivity index (χ2n) is 2.87. The van der Waals surface area contributed by atoms with Crippen molar-refractivity contribution < 1.29 is 13.3 Å². The van der Waals surface area contributed by atoms with E-state index in [2.05, 4.69) is 0 Å². The number of hydrogen-bond acceptors (Lipinski definition) is 4. The Bertz CT molecular complexity index is 119. The maximum Gasteiger partial charge on any atom is 0.500 e. The maximum absolute atomic E-state index is 5.65. The lowest BCUT2D eigenvalue weighted by atomic mass is 10.5. The third kappa shape index (κ3) is 8.24. The molecule has 0 unspecified atom stereocenters. The van der Waals surface area contributed by atoms with Crippen LogP contribution in [0, 0.1) is 0 Å². The largest absolute Gasteiger partial charge is 0.500 e. The molecule has 102 valence electrons. The summed E-state index contributed by atoms with van der Waals surface area (Å²) in [6.07, 6.45) is 0.895. The van der Waals surface area contributed by atoms with Gasteiger partial charge in [0, 0.05) is 25.9 Å². The first-order valence-corrected chi connectivity index (χ1v) is 7.29. The smallest absolute Gasteiger partial charge is 0.374 e. The highest BCUT2D eigenvalue weighted by Crippen LogP contribution is 2.17. The average Bonchev–Trinajstić information content (AvgIpc) is 2.16. The summed E-state index contributed by atoms with van der Waals surface area (Å²) in [5.41, 5.74) is 5.48. The monoisotopic (exact) mass is 253 g/mol. The lowest BCUT2D eigenvalue weighted by Gasteiger charge is -2.28. The van der Waals surface area contributed by atoms with Crippen molar-refractivity contribution in [3.8, 4) is 0 Å². The lowest BCUT2D eigenvalue weighted by Crippen LogP contribution is -2.46. The van der Waals surface area contributed by atoms with E-state index in [0.717, 1.165) is 12.5 Å². The molecule has 0 aliphatic rings. The zero-order valence-corrected chi connectivity index (χ0v) is 10.5. The van der Waals surface area contributed by atoms with Gasteiger partial charge in [0.25, 0.3) is 0 Å². The van der Waals surface area contributed by atoms with Crippen LogP contribution in [0.2, 0.25) is 6.04 Å². The first-order chi connectivity index (χ1) is 6.74. The Balaban J connectivity index is -0.000000845. The fourth-order valence-corrected chi connectivity index (χ4v) is 3.96. The van der Waals surface area contributed by atoms with Gasteiger partial charge in [0.05, 0.1) is 0 Å². The van der Waals surface area contributed by atoms with Crippen LogP contribution in [0.15, 0.2) is 0 Å². The molecule has 0 aliphatic carbocycles. The zero-order valence-electron chi connectivity index (χ0n) is 9.54. The minimum atomic E-state index is -2.40. The lowest BCUT2D eigenvalue weighted by molar-refractivity contribution is 0.0710. The van der Waals surface area contributed by atoms with E-state index in [1.54, 1.807) is 0 Å². The van der Waals surface area contributed by atoms with E-state index in [9.17, 15) is 0 Å². The van der Waals surface area contributed by atoms with Crippen LogP contribution in [-0.4, -0.2) is 35.2 Å². The number of hydrogen-bond donors (Lipinski definition) is 1. The third-order valence-electron chi connectivity index (χ3n) is 1.78. The van der Waals surface area contributed by atoms with Gasteiger partial charge in [0.2, 0.25) is 0 Å². The van der Waals surface area contributed by atoms with Gasteiger partial charge in [-0.05, 0) is 33.7 Å². The highest BCUT2D eigenvalue weighted by atomic mass is 28.4. The van der Waals surface area contributed by atoms with Gasteiger partial charge < -0.3 is 19.0 Å². The molecular weight excluding hydrogens is 222 g/mol. The van der Waals surface area contributed by atoms with E-state index in [4.69, 9.17) is 19.0 Å². The fourth-order valence-electron chi connectivity index (χ4n) is 1.32. The van der Waals surface area contributed by atoms with Gasteiger partial charge in [-0.1, -0.05) is 14.9 Å². The SMILES string of the molecule is C.C.CCO[Si](CCCN)(OCC)OCC. The van der Waals surface area contributed by atoms with Gasteiger partial charge in [-0.15, -0.1) is 0 Å². The molecule has 0 spiro atoms. The van der Waals surface area contributed by atoms with Gasteiger partial charge in [-0.3, -0.25) is 0 Å². The fraction of sp³-hybridized carbons (Fsp3) is 1.00. The summed E-state index contributed by atoms with van der Waals surface area (Å²) in [4.78, 5) is 0. The molecule has 0 bridgehead atoms. The predicted octanol–water partition coefficient (Wildman–Crippen LogP) is 2.66. The van der Waals surface area contributed by atoms with Gasteiger partial charge >= 0.3 is 8.80 Å². The molecule has 0 amide bonds. The number of nitrogens with two attached hydrogens (primary N) is 1. The summed E-state index contributed by atoms with van der Waals surface area (Å²) < 4.78 is 17.0. The molecule has 16 heavy (non-hydrogen) atoms. The molecule has 0 heterocycles. The van der Waals surface area contributed by atoms with Crippen LogP contribution in [0.25, 0.3) is 0 Å². The van der Waals surface area contributed by atoms with Crippen LogP contribution in [-0.2, 0) is 13.3 Å². The van der Waals surface area contributed by atoms with Crippen molar-refractivity contribution in [1.29, 1.82) is 0 Å². The molecule has 2 N–H and O–H groups in total. The molecule has 0 saturated carbocycles. The van der Waals surface area contributed by atoms with Crippen LogP contribution >= 0.6 is 0 Å². The Morgan fingerprint density at radius 3 is 1.50 bits per heavy atom. The molecule has 0 aromatic rings. The molecule has 0 saturated heterocycles. The summed E-state index contributed by atoms with van der Waals surface area (Å²) >= 11 is 0. The van der Waals surface area contributed by atoms with E-state index in [-0.39, 0.29) is 14.9 Å². The van der Waals surface area contributed by atoms with Crippen molar-refractivity contribution in [2.75, 3.05) is 26.4 Å². The highest BCUT2D eigenvalue weighted by Gasteiger charge is 2.39. The minimum absolute atomic E-state index is 0. The first kappa shape index (κ1) is 21.4. The summed E-state index contributed by atoms with van der Waals surface area (Å²) in [7, 11) is -2.40. The molecule has 0 fully saturated rings. The van der Waals surface area contributed by atoms with Crippen LogP contribution in [0.1, 0.15) is 42.0 Å². The Hall–Kier alpha value is 0.0569. The highest BCUT2D eigenvalue weighted by molar-refractivity contribution is 6.60. The van der Waals surface area contributed by atoms with Gasteiger partial charge in [0.15, 0.2) is 0 Å². The molecule has 0 rings (SSSR count). The zero-order chi connectivity index (χ0) is 10.9. The Morgan fingerprint density at radius 2 is 1.25 bits per heavy atom. The molecule has 4 nitrogen and oxygen atoms in total. The second-order valence-corrected chi connectivity index (χ2v) is 5.61. The van der Waals surface area contributed by atoms with Crippen LogP contribution in [0.5, 0.6) is 0 Å². The van der Waals surface area contributed by atoms with E-state index in [1.807, 2.05) is 20.8 Å². The van der Waals surface area contributed by atoms with Gasteiger partial charge in [-0.25, -0.2) is 0 Å². The van der Waals surface area contributed by atoms with Crippen molar-refractivity contribution in [3.63, 3.8) is 0 Å². The molecule has 0 aromatic carbocycles. The van der Waals surface area contributed by atoms with Crippen molar-refractivity contribution in [2.45, 2.75) is 48.1 Å². The second kappa shape index (κ2) is 13.1. The Kier molecular flexibility index (Phi) is 17.5. The quantitative estimate of drug-likeness (QED) is 0.642. The Labute approximate surface area is 103 Å². The summed E-state index contributed by atoms with van der Waals surface area (Å²) in [5.74, 6) is 0. The van der Waals surface area contributed by atoms with E-state index >= 15 is 0 Å². The van der Waals surface area contributed by atoms with Crippen molar-refractivity contribution in [2.24, 2.45) is 5.73 Å². The van der Waals surface area contributed by atoms with Crippen molar-refractivity contribution in [3.05, 3.63) is 0 Å². The maximum atomic E-state index is 5.65. The van der Waals surface area contributed by atoms with Crippen LogP contribution < -0.4 is 5.73 Å². The van der Waals surface area contributed by atoms with E-state index in [1.165, 1.54) is 0 Å². The summed E-state index contributed by atoms with van der Waals surface area (Å²) in [6.45, 7) is 8.44. The molecule has 5 heteroatoms. The molecule has 0 aromatic heterocycles. The van der Waals surface area contributed by atoms with E-state index < -0.39 is 8.80 Å². The topological polar surface area (TPSA) is 53.7 Å². The van der Waals surface area contributed by atoms with Crippen LogP contribution in [0.3, 0.4) is 0 Å². The summed E-state index contributed by atoms with van der Waals surface area (Å²) in [5, 5.41) is 0. The van der Waals surface area contributed by atoms with E-state index in [0.29, 0.717) is 26.4 Å². The first-order valence-electron chi connectivity index (χ1n) is 5.36. The normalized spacial score (nSPS) is 10.5. The number of rotatable bonds is 9. The van der Waals surface area contributed by atoms with Crippen molar-refractivity contribution in [1.82, 2.24) is 0 Å². The molecular formula is C11H31NO3Si. The van der Waals surface area contributed by atoms with Gasteiger partial charge in [0.1, 0.15) is 0 Å². The third-order valence-corrected chi connectivity index (χ3v) is 4.93. The van der Waals surface area contributed by atoms with Crippen molar-refractivity contribution >= 4 is 8.80 Å². The van der Waals surface area contributed by atoms with Crippen LogP contribution in [0.4, 0.5) is 0 Å². The molecule has 0 aliphatic heterocycles.